The van der Waals surface area contributed by atoms with E-state index in [0.717, 1.165) is 42.0 Å². The predicted molar refractivity (Wildman–Crippen MR) is 120 cm³/mol. The van der Waals surface area contributed by atoms with Gasteiger partial charge in [0.05, 0.1) is 0 Å². The molecule has 4 N–H and O–H groups in total. The summed E-state index contributed by atoms with van der Waals surface area (Å²) in [5, 5.41) is 0. The zero-order valence-corrected chi connectivity index (χ0v) is 17.2. The van der Waals surface area contributed by atoms with E-state index in [1.807, 2.05) is 18.2 Å². The van der Waals surface area contributed by atoms with Crippen LogP contribution in [0.1, 0.15) is 80.4 Å². The van der Waals surface area contributed by atoms with E-state index in [4.69, 9.17) is 11.5 Å². The van der Waals surface area contributed by atoms with Crippen LogP contribution in [-0.4, -0.2) is 0 Å². The second-order valence-electron chi connectivity index (χ2n) is 9.26. The van der Waals surface area contributed by atoms with Crippen molar-refractivity contribution in [2.24, 2.45) is 11.8 Å². The van der Waals surface area contributed by atoms with Crippen molar-refractivity contribution in [1.29, 1.82) is 0 Å². The number of aryl methyl sites for hydroxylation is 2. The smallest absolute Gasteiger partial charge is 0.0337 e. The topological polar surface area (TPSA) is 52.0 Å². The standard InChI is InChI=1S/C26H36N2/c27-25-16-20(17-26(28)18-25)7-6-19-8-10-22(11-9-19)24-14-12-23(13-15-24)21-4-2-1-3-5-21/h8-11,16-18,21,23-24H,1-7,12-15,27-28H2. The lowest BCUT2D eigenvalue weighted by molar-refractivity contribution is 0.186. The number of benzene rings is 2. The molecule has 0 atom stereocenters. The highest BCUT2D eigenvalue weighted by Crippen LogP contribution is 2.42. The summed E-state index contributed by atoms with van der Waals surface area (Å²) in [6.45, 7) is 0. The van der Waals surface area contributed by atoms with Gasteiger partial charge in [-0.1, -0.05) is 56.4 Å². The lowest BCUT2D eigenvalue weighted by Crippen LogP contribution is -2.23. The SMILES string of the molecule is Nc1cc(N)cc(CCc2ccc(C3CCC(C4CCCCC4)CC3)cc2)c1. The van der Waals surface area contributed by atoms with Gasteiger partial charge < -0.3 is 11.5 Å². The number of nitrogens with two attached hydrogens (primary N) is 2. The van der Waals surface area contributed by atoms with E-state index in [-0.39, 0.29) is 0 Å². The molecule has 0 unspecified atom stereocenters. The van der Waals surface area contributed by atoms with Gasteiger partial charge in [0, 0.05) is 11.4 Å². The molecule has 2 aromatic rings. The number of hydrogen-bond donors (Lipinski definition) is 2. The molecule has 0 bridgehead atoms. The molecule has 2 aliphatic carbocycles. The van der Waals surface area contributed by atoms with E-state index in [0.29, 0.717) is 0 Å². The Kier molecular flexibility index (Phi) is 6.24. The Hall–Kier alpha value is -1.96. The molecule has 150 valence electrons. The summed E-state index contributed by atoms with van der Waals surface area (Å²) >= 11 is 0. The van der Waals surface area contributed by atoms with E-state index >= 15 is 0 Å². The van der Waals surface area contributed by atoms with Gasteiger partial charge in [-0.15, -0.1) is 0 Å². The second kappa shape index (κ2) is 9.03. The Labute approximate surface area is 170 Å². The summed E-state index contributed by atoms with van der Waals surface area (Å²) in [5.74, 6) is 2.84. The van der Waals surface area contributed by atoms with Crippen LogP contribution >= 0.6 is 0 Å². The minimum absolute atomic E-state index is 0.758. The number of nitrogen functional groups attached to an aromatic ring is 2. The van der Waals surface area contributed by atoms with E-state index in [1.165, 1.54) is 68.9 Å². The van der Waals surface area contributed by atoms with E-state index in [9.17, 15) is 0 Å². The predicted octanol–water partition coefficient (Wildman–Crippen LogP) is 6.49. The van der Waals surface area contributed by atoms with Crippen molar-refractivity contribution in [3.63, 3.8) is 0 Å². The summed E-state index contributed by atoms with van der Waals surface area (Å²) < 4.78 is 0. The number of rotatable bonds is 5. The quantitative estimate of drug-likeness (QED) is 0.586. The maximum atomic E-state index is 5.91. The lowest BCUT2D eigenvalue weighted by atomic mass is 9.70. The largest absolute Gasteiger partial charge is 0.399 e. The van der Waals surface area contributed by atoms with Crippen LogP contribution in [0.25, 0.3) is 0 Å². The van der Waals surface area contributed by atoms with Crippen LogP contribution in [0.5, 0.6) is 0 Å². The zero-order valence-electron chi connectivity index (χ0n) is 17.2. The van der Waals surface area contributed by atoms with Gasteiger partial charge in [-0.05, 0) is 91.2 Å². The van der Waals surface area contributed by atoms with E-state index in [1.54, 1.807) is 5.56 Å². The van der Waals surface area contributed by atoms with Crippen LogP contribution in [0.15, 0.2) is 42.5 Å². The fraction of sp³-hybridized carbons (Fsp3) is 0.538. The molecule has 0 heterocycles. The molecule has 2 aromatic carbocycles. The van der Waals surface area contributed by atoms with Gasteiger partial charge >= 0.3 is 0 Å². The van der Waals surface area contributed by atoms with Crippen LogP contribution in [0, 0.1) is 11.8 Å². The first-order chi connectivity index (χ1) is 13.7. The molecule has 2 heteroatoms. The van der Waals surface area contributed by atoms with Gasteiger partial charge in [-0.25, -0.2) is 0 Å². The highest BCUT2D eigenvalue weighted by Gasteiger charge is 2.28. The highest BCUT2D eigenvalue weighted by molar-refractivity contribution is 5.54. The third-order valence-electron chi connectivity index (χ3n) is 7.28. The van der Waals surface area contributed by atoms with Crippen molar-refractivity contribution in [3.05, 3.63) is 59.2 Å². The molecular formula is C26H36N2. The summed E-state index contributed by atoms with van der Waals surface area (Å²) in [7, 11) is 0. The Bertz CT molecular complexity index is 730. The van der Waals surface area contributed by atoms with Gasteiger partial charge in [-0.3, -0.25) is 0 Å². The minimum Gasteiger partial charge on any atom is -0.399 e. The van der Waals surface area contributed by atoms with E-state index in [2.05, 4.69) is 24.3 Å². The first-order valence-electron chi connectivity index (χ1n) is 11.4. The molecule has 0 spiro atoms. The molecule has 2 aliphatic rings. The highest BCUT2D eigenvalue weighted by atomic mass is 14.6. The Morgan fingerprint density at radius 2 is 1.18 bits per heavy atom. The molecule has 2 nitrogen and oxygen atoms in total. The number of anilines is 2. The summed E-state index contributed by atoms with van der Waals surface area (Å²) in [6.07, 6.45) is 15.2. The van der Waals surface area contributed by atoms with Gasteiger partial charge in [0.1, 0.15) is 0 Å². The third-order valence-corrected chi connectivity index (χ3v) is 7.28. The van der Waals surface area contributed by atoms with Crippen molar-refractivity contribution in [2.75, 3.05) is 11.5 Å². The van der Waals surface area contributed by atoms with Crippen LogP contribution in [0.3, 0.4) is 0 Å². The molecule has 0 aliphatic heterocycles. The zero-order chi connectivity index (χ0) is 19.3. The second-order valence-corrected chi connectivity index (χ2v) is 9.26. The monoisotopic (exact) mass is 376 g/mol. The molecular weight excluding hydrogens is 340 g/mol. The Balaban J connectivity index is 1.28. The summed E-state index contributed by atoms with van der Waals surface area (Å²) in [5.41, 5.74) is 17.5. The van der Waals surface area contributed by atoms with Crippen LogP contribution in [0.4, 0.5) is 11.4 Å². The van der Waals surface area contributed by atoms with Gasteiger partial charge in [0.15, 0.2) is 0 Å². The Morgan fingerprint density at radius 3 is 1.82 bits per heavy atom. The summed E-state index contributed by atoms with van der Waals surface area (Å²) in [4.78, 5) is 0. The van der Waals surface area contributed by atoms with Gasteiger partial charge in [0.2, 0.25) is 0 Å². The van der Waals surface area contributed by atoms with Gasteiger partial charge in [-0.2, -0.15) is 0 Å². The average molecular weight is 377 g/mol. The van der Waals surface area contributed by atoms with Crippen molar-refractivity contribution < 1.29 is 0 Å². The van der Waals surface area contributed by atoms with Crippen molar-refractivity contribution >= 4 is 11.4 Å². The lowest BCUT2D eigenvalue weighted by Gasteiger charge is -2.36. The molecule has 0 saturated heterocycles. The average Bonchev–Trinajstić information content (AvgIpc) is 2.73. The molecule has 0 amide bonds. The number of hydrogen-bond acceptors (Lipinski definition) is 2. The van der Waals surface area contributed by atoms with Crippen LogP contribution in [0.2, 0.25) is 0 Å². The van der Waals surface area contributed by atoms with Crippen LogP contribution in [-0.2, 0) is 12.8 Å². The molecule has 0 radical (unpaired) electrons. The first-order valence-corrected chi connectivity index (χ1v) is 11.4. The van der Waals surface area contributed by atoms with E-state index < -0.39 is 0 Å². The van der Waals surface area contributed by atoms with Crippen molar-refractivity contribution in [3.8, 4) is 0 Å². The van der Waals surface area contributed by atoms with Crippen molar-refractivity contribution in [1.82, 2.24) is 0 Å². The van der Waals surface area contributed by atoms with Crippen molar-refractivity contribution in [2.45, 2.75) is 76.5 Å². The molecule has 4 rings (SSSR count). The maximum absolute atomic E-state index is 5.91. The normalized spacial score (nSPS) is 23.6. The molecule has 0 aromatic heterocycles. The summed E-state index contributed by atoms with van der Waals surface area (Å²) in [6, 6.07) is 15.3. The Morgan fingerprint density at radius 1 is 0.607 bits per heavy atom. The molecule has 2 saturated carbocycles. The molecule has 2 fully saturated rings. The van der Waals surface area contributed by atoms with Crippen LogP contribution < -0.4 is 11.5 Å². The molecule has 28 heavy (non-hydrogen) atoms. The first kappa shape index (κ1) is 19.4. The fourth-order valence-electron chi connectivity index (χ4n) is 5.66. The van der Waals surface area contributed by atoms with Gasteiger partial charge in [0.25, 0.3) is 0 Å². The minimum atomic E-state index is 0.758. The maximum Gasteiger partial charge on any atom is 0.0337 e. The third kappa shape index (κ3) is 4.90. The fourth-order valence-corrected chi connectivity index (χ4v) is 5.66.